The fraction of sp³-hybridized carbons (Fsp3) is 0.750. The van der Waals surface area contributed by atoms with Gasteiger partial charge in [-0.05, 0) is 13.8 Å². The van der Waals surface area contributed by atoms with Gasteiger partial charge >= 0.3 is 5.97 Å². The van der Waals surface area contributed by atoms with Crippen LogP contribution in [0.3, 0.4) is 0 Å². The van der Waals surface area contributed by atoms with Crippen molar-refractivity contribution >= 4 is 5.97 Å². The Balaban J connectivity index is 2.58. The second-order valence-electron chi connectivity index (χ2n) is 4.86. The highest BCUT2D eigenvalue weighted by Gasteiger charge is 2.59. The fourth-order valence-corrected chi connectivity index (χ4v) is 1.74. The summed E-state index contributed by atoms with van der Waals surface area (Å²) in [6.07, 6.45) is 2.76. The van der Waals surface area contributed by atoms with Crippen molar-refractivity contribution in [2.24, 2.45) is 11.3 Å². The minimum atomic E-state index is -0.0901. The van der Waals surface area contributed by atoms with Crippen molar-refractivity contribution in [2.75, 3.05) is 0 Å². The molecule has 0 saturated heterocycles. The van der Waals surface area contributed by atoms with Crippen LogP contribution in [0.2, 0.25) is 0 Å². The van der Waals surface area contributed by atoms with E-state index in [4.69, 9.17) is 4.74 Å². The van der Waals surface area contributed by atoms with E-state index in [9.17, 15) is 4.79 Å². The van der Waals surface area contributed by atoms with Gasteiger partial charge in [0.25, 0.3) is 0 Å². The third kappa shape index (κ3) is 2.17. The lowest BCUT2D eigenvalue weighted by molar-refractivity contribution is -0.145. The molecule has 0 N–H and O–H groups in total. The van der Waals surface area contributed by atoms with Crippen LogP contribution < -0.4 is 0 Å². The first-order valence-corrected chi connectivity index (χ1v) is 5.24. The van der Waals surface area contributed by atoms with Gasteiger partial charge in [-0.1, -0.05) is 32.4 Å². The summed E-state index contributed by atoms with van der Waals surface area (Å²) in [5.41, 5.74) is 1.42. The molecule has 0 aliphatic heterocycles. The first-order valence-electron chi connectivity index (χ1n) is 5.24. The third-order valence-electron chi connectivity index (χ3n) is 2.87. The summed E-state index contributed by atoms with van der Waals surface area (Å²) in [6.45, 7) is 10.3. The molecule has 14 heavy (non-hydrogen) atoms. The Hall–Kier alpha value is -0.790. The lowest BCUT2D eigenvalue weighted by Gasteiger charge is -2.03. The topological polar surface area (TPSA) is 26.3 Å². The summed E-state index contributed by atoms with van der Waals surface area (Å²) in [5, 5.41) is 0. The van der Waals surface area contributed by atoms with Gasteiger partial charge in [-0.25, -0.2) is 0 Å². The quantitative estimate of drug-likeness (QED) is 0.512. The average molecular weight is 196 g/mol. The van der Waals surface area contributed by atoms with E-state index in [1.807, 2.05) is 6.92 Å². The number of hydrogen-bond donors (Lipinski definition) is 0. The Morgan fingerprint density at radius 1 is 1.43 bits per heavy atom. The molecule has 0 heterocycles. The maximum absolute atomic E-state index is 11.1. The SMILES string of the molecule is CCC(=O)OC1C(C=C(C)C)C1(C)C. The van der Waals surface area contributed by atoms with Gasteiger partial charge in [-0.3, -0.25) is 4.79 Å². The van der Waals surface area contributed by atoms with Gasteiger partial charge in [0.15, 0.2) is 0 Å². The van der Waals surface area contributed by atoms with E-state index in [0.29, 0.717) is 12.3 Å². The fourth-order valence-electron chi connectivity index (χ4n) is 1.74. The van der Waals surface area contributed by atoms with Gasteiger partial charge in [-0.15, -0.1) is 0 Å². The molecule has 0 aromatic heterocycles. The Labute approximate surface area is 86.3 Å². The molecule has 1 aliphatic rings. The minimum absolute atomic E-state index is 0.0878. The molecular weight excluding hydrogens is 176 g/mol. The Bertz CT molecular complexity index is 259. The van der Waals surface area contributed by atoms with E-state index >= 15 is 0 Å². The molecule has 2 heteroatoms. The van der Waals surface area contributed by atoms with Gasteiger partial charge < -0.3 is 4.74 Å². The highest BCUT2D eigenvalue weighted by Crippen LogP contribution is 2.55. The maximum Gasteiger partial charge on any atom is 0.305 e. The molecular formula is C12H20O2. The van der Waals surface area contributed by atoms with Crippen molar-refractivity contribution in [1.29, 1.82) is 0 Å². The Morgan fingerprint density at radius 3 is 2.43 bits per heavy atom. The zero-order chi connectivity index (χ0) is 10.9. The Kier molecular flexibility index (Phi) is 3.03. The normalized spacial score (nSPS) is 28.1. The van der Waals surface area contributed by atoms with Crippen molar-refractivity contribution in [3.63, 3.8) is 0 Å². The van der Waals surface area contributed by atoms with Crippen LogP contribution >= 0.6 is 0 Å². The second-order valence-corrected chi connectivity index (χ2v) is 4.86. The zero-order valence-electron chi connectivity index (χ0n) is 9.76. The summed E-state index contributed by atoms with van der Waals surface area (Å²) in [6, 6.07) is 0. The smallest absolute Gasteiger partial charge is 0.305 e. The molecule has 2 nitrogen and oxygen atoms in total. The summed E-state index contributed by atoms with van der Waals surface area (Å²) >= 11 is 0. The van der Waals surface area contributed by atoms with Crippen LogP contribution in [0, 0.1) is 11.3 Å². The van der Waals surface area contributed by atoms with Crippen molar-refractivity contribution < 1.29 is 9.53 Å². The van der Waals surface area contributed by atoms with Crippen molar-refractivity contribution in [3.05, 3.63) is 11.6 Å². The molecule has 1 saturated carbocycles. The molecule has 1 aliphatic carbocycles. The highest BCUT2D eigenvalue weighted by molar-refractivity contribution is 5.69. The lowest BCUT2D eigenvalue weighted by Crippen LogP contribution is -2.08. The number of carbonyl (C=O) groups is 1. The molecule has 0 aromatic carbocycles. The van der Waals surface area contributed by atoms with E-state index in [2.05, 4.69) is 33.8 Å². The molecule has 2 unspecified atom stereocenters. The second kappa shape index (κ2) is 3.76. The van der Waals surface area contributed by atoms with Gasteiger partial charge in [0.2, 0.25) is 0 Å². The molecule has 2 atom stereocenters. The van der Waals surface area contributed by atoms with E-state index in [-0.39, 0.29) is 17.5 Å². The van der Waals surface area contributed by atoms with Crippen LogP contribution in [0.25, 0.3) is 0 Å². The van der Waals surface area contributed by atoms with E-state index < -0.39 is 0 Å². The maximum atomic E-state index is 11.1. The summed E-state index contributed by atoms with van der Waals surface area (Å²) in [7, 11) is 0. The highest BCUT2D eigenvalue weighted by atomic mass is 16.6. The number of hydrogen-bond acceptors (Lipinski definition) is 2. The summed E-state index contributed by atoms with van der Waals surface area (Å²) < 4.78 is 5.36. The molecule has 1 rings (SSSR count). The lowest BCUT2D eigenvalue weighted by atomic mass is 10.1. The third-order valence-corrected chi connectivity index (χ3v) is 2.87. The van der Waals surface area contributed by atoms with Gasteiger partial charge in [0.05, 0.1) is 0 Å². The number of esters is 1. The van der Waals surface area contributed by atoms with E-state index in [1.165, 1.54) is 5.57 Å². The molecule has 0 bridgehead atoms. The zero-order valence-corrected chi connectivity index (χ0v) is 9.76. The van der Waals surface area contributed by atoms with Crippen LogP contribution in [-0.2, 0) is 9.53 Å². The summed E-state index contributed by atoms with van der Waals surface area (Å²) in [4.78, 5) is 11.1. The molecule has 80 valence electrons. The molecule has 1 fully saturated rings. The minimum Gasteiger partial charge on any atom is -0.461 e. The van der Waals surface area contributed by atoms with Gasteiger partial charge in [-0.2, -0.15) is 0 Å². The van der Waals surface area contributed by atoms with Crippen molar-refractivity contribution in [3.8, 4) is 0 Å². The molecule has 0 spiro atoms. The first-order chi connectivity index (χ1) is 6.39. The van der Waals surface area contributed by atoms with Crippen LogP contribution in [0.1, 0.15) is 41.0 Å². The average Bonchev–Trinajstić information content (AvgIpc) is 2.55. The number of carbonyl (C=O) groups excluding carboxylic acids is 1. The predicted molar refractivity (Wildman–Crippen MR) is 56.9 cm³/mol. The van der Waals surface area contributed by atoms with Crippen LogP contribution in [0.5, 0.6) is 0 Å². The predicted octanol–water partition coefficient (Wildman–Crippen LogP) is 2.93. The van der Waals surface area contributed by atoms with Crippen LogP contribution in [-0.4, -0.2) is 12.1 Å². The van der Waals surface area contributed by atoms with Crippen LogP contribution in [0.15, 0.2) is 11.6 Å². The first kappa shape index (κ1) is 11.3. The molecule has 0 radical (unpaired) electrons. The summed E-state index contributed by atoms with van der Waals surface area (Å²) in [5.74, 6) is 0.315. The monoisotopic (exact) mass is 196 g/mol. The number of ether oxygens (including phenoxy) is 1. The standard InChI is InChI=1S/C12H20O2/c1-6-10(13)14-11-9(7-8(2)3)12(11,4)5/h7,9,11H,6H2,1-5H3. The van der Waals surface area contributed by atoms with E-state index in [1.54, 1.807) is 0 Å². The number of rotatable bonds is 3. The van der Waals surface area contributed by atoms with Gasteiger partial charge in [0, 0.05) is 17.8 Å². The molecule has 0 amide bonds. The Morgan fingerprint density at radius 2 is 2.00 bits per heavy atom. The number of allylic oxidation sites excluding steroid dienone is 1. The van der Waals surface area contributed by atoms with Gasteiger partial charge in [0.1, 0.15) is 6.10 Å². The van der Waals surface area contributed by atoms with Crippen molar-refractivity contribution in [1.82, 2.24) is 0 Å². The largest absolute Gasteiger partial charge is 0.461 e. The van der Waals surface area contributed by atoms with E-state index in [0.717, 1.165) is 0 Å². The molecule has 0 aromatic rings. The van der Waals surface area contributed by atoms with Crippen LogP contribution in [0.4, 0.5) is 0 Å². The van der Waals surface area contributed by atoms with Crippen molar-refractivity contribution in [2.45, 2.75) is 47.1 Å².